The van der Waals surface area contributed by atoms with E-state index in [1.807, 2.05) is 27.7 Å². The van der Waals surface area contributed by atoms with Gasteiger partial charge in [-0.2, -0.15) is 0 Å². The summed E-state index contributed by atoms with van der Waals surface area (Å²) < 4.78 is 0. The maximum Gasteiger partial charge on any atom is 0.185 e. The third kappa shape index (κ3) is 6.94. The van der Waals surface area contributed by atoms with Crippen molar-refractivity contribution in [1.29, 1.82) is 0 Å². The Hall–Kier alpha value is -1.10. The highest BCUT2D eigenvalue weighted by Crippen LogP contribution is 2.18. The molecule has 0 spiro atoms. The molecule has 0 rings (SSSR count). The molecule has 0 saturated heterocycles. The molecule has 5 N–H and O–H groups in total. The van der Waals surface area contributed by atoms with E-state index in [-0.39, 0.29) is 23.2 Å². The second-order valence-electron chi connectivity index (χ2n) is 5.17. The number of carbonyl (C=O) groups is 1. The smallest absolute Gasteiger partial charge is 0.185 e. The van der Waals surface area contributed by atoms with Crippen LogP contribution in [-0.4, -0.2) is 30.9 Å². The van der Waals surface area contributed by atoms with Crippen molar-refractivity contribution in [2.75, 3.05) is 13.1 Å². The number of nitrogens with one attached hydrogen (secondary N) is 1. The van der Waals surface area contributed by atoms with Gasteiger partial charge >= 0.3 is 0 Å². The Morgan fingerprint density at radius 1 is 1.35 bits per heavy atom. The van der Waals surface area contributed by atoms with Crippen molar-refractivity contribution >= 4 is 11.7 Å². The summed E-state index contributed by atoms with van der Waals surface area (Å²) in [5.74, 6) is 0.344. The standard InChI is InChI=1S/C12H26N4O/c1-5-15-9(10(17)12(2,3)4)7-6-8-16-11(13)14/h9,15H,5-8H2,1-4H3,(H4,13,14,16). The third-order valence-electron chi connectivity index (χ3n) is 2.45. The predicted molar refractivity (Wildman–Crippen MR) is 71.8 cm³/mol. The van der Waals surface area contributed by atoms with Gasteiger partial charge < -0.3 is 16.8 Å². The molecule has 0 aliphatic carbocycles. The summed E-state index contributed by atoms with van der Waals surface area (Å²) in [7, 11) is 0. The summed E-state index contributed by atoms with van der Waals surface area (Å²) >= 11 is 0. The summed E-state index contributed by atoms with van der Waals surface area (Å²) in [5, 5.41) is 3.22. The van der Waals surface area contributed by atoms with Gasteiger partial charge in [-0.1, -0.05) is 27.7 Å². The van der Waals surface area contributed by atoms with Crippen LogP contribution in [0.15, 0.2) is 4.99 Å². The number of guanidine groups is 1. The first-order chi connectivity index (χ1) is 7.79. The zero-order valence-electron chi connectivity index (χ0n) is 11.4. The van der Waals surface area contributed by atoms with Crippen molar-refractivity contribution in [3.8, 4) is 0 Å². The van der Waals surface area contributed by atoms with E-state index in [0.29, 0.717) is 6.54 Å². The average Bonchev–Trinajstić information content (AvgIpc) is 2.20. The van der Waals surface area contributed by atoms with Crippen LogP contribution in [0.2, 0.25) is 0 Å². The van der Waals surface area contributed by atoms with Crippen LogP contribution in [0.5, 0.6) is 0 Å². The predicted octanol–water partition coefficient (Wildman–Crippen LogP) is 0.633. The molecule has 5 nitrogen and oxygen atoms in total. The highest BCUT2D eigenvalue weighted by Gasteiger charge is 2.28. The normalized spacial score (nSPS) is 13.2. The van der Waals surface area contributed by atoms with Crippen molar-refractivity contribution in [1.82, 2.24) is 5.32 Å². The molecule has 0 saturated carbocycles. The number of Topliss-reactive ketones (excluding diaryl/α,β-unsaturated/α-hetero) is 1. The van der Waals surface area contributed by atoms with E-state index in [1.54, 1.807) is 0 Å². The molecule has 0 aliphatic heterocycles. The lowest BCUT2D eigenvalue weighted by Gasteiger charge is -2.25. The van der Waals surface area contributed by atoms with Crippen LogP contribution >= 0.6 is 0 Å². The molecule has 1 atom stereocenters. The van der Waals surface area contributed by atoms with Crippen LogP contribution in [0.25, 0.3) is 0 Å². The molecule has 0 amide bonds. The van der Waals surface area contributed by atoms with Crippen molar-refractivity contribution in [3.05, 3.63) is 0 Å². The Bertz CT molecular complexity index is 264. The van der Waals surface area contributed by atoms with E-state index in [0.717, 1.165) is 19.4 Å². The number of carbonyl (C=O) groups excluding carboxylic acids is 1. The number of nitrogens with two attached hydrogens (primary N) is 2. The van der Waals surface area contributed by atoms with E-state index in [4.69, 9.17) is 11.5 Å². The molecule has 0 aromatic carbocycles. The zero-order valence-corrected chi connectivity index (χ0v) is 11.4. The molecule has 0 fully saturated rings. The largest absolute Gasteiger partial charge is 0.370 e. The molecule has 17 heavy (non-hydrogen) atoms. The van der Waals surface area contributed by atoms with Crippen molar-refractivity contribution in [2.45, 2.75) is 46.6 Å². The molecule has 0 aromatic rings. The Labute approximate surface area is 104 Å². The van der Waals surface area contributed by atoms with Gasteiger partial charge in [0.25, 0.3) is 0 Å². The Kier molecular flexibility index (Phi) is 6.80. The number of hydrogen-bond donors (Lipinski definition) is 3. The lowest BCUT2D eigenvalue weighted by atomic mass is 9.85. The molecular weight excluding hydrogens is 216 g/mol. The van der Waals surface area contributed by atoms with Gasteiger partial charge in [0.15, 0.2) is 11.7 Å². The molecule has 0 radical (unpaired) electrons. The second-order valence-corrected chi connectivity index (χ2v) is 5.17. The van der Waals surface area contributed by atoms with Crippen LogP contribution in [0.1, 0.15) is 40.5 Å². The van der Waals surface area contributed by atoms with Crippen LogP contribution in [0, 0.1) is 5.41 Å². The summed E-state index contributed by atoms with van der Waals surface area (Å²) in [5.41, 5.74) is 10.2. The summed E-state index contributed by atoms with van der Waals surface area (Å²) in [6, 6.07) is -0.103. The lowest BCUT2D eigenvalue weighted by molar-refractivity contribution is -0.128. The number of aliphatic imine (C=N–C) groups is 1. The monoisotopic (exact) mass is 242 g/mol. The van der Waals surface area contributed by atoms with Crippen LogP contribution in [0.4, 0.5) is 0 Å². The Morgan fingerprint density at radius 3 is 2.35 bits per heavy atom. The number of likely N-dealkylation sites (N-methyl/N-ethyl adjacent to an activating group) is 1. The maximum atomic E-state index is 12.1. The van der Waals surface area contributed by atoms with Gasteiger partial charge in [-0.15, -0.1) is 0 Å². The number of hydrogen-bond acceptors (Lipinski definition) is 3. The lowest BCUT2D eigenvalue weighted by Crippen LogP contribution is -2.42. The fraction of sp³-hybridized carbons (Fsp3) is 0.833. The topological polar surface area (TPSA) is 93.5 Å². The van der Waals surface area contributed by atoms with Crippen LogP contribution in [0.3, 0.4) is 0 Å². The Balaban J connectivity index is 4.25. The molecule has 0 aliphatic rings. The van der Waals surface area contributed by atoms with Gasteiger partial charge in [0.05, 0.1) is 6.04 Å². The molecule has 5 heteroatoms. The Morgan fingerprint density at radius 2 is 1.94 bits per heavy atom. The molecule has 100 valence electrons. The van der Waals surface area contributed by atoms with Gasteiger partial charge in [0.2, 0.25) is 0 Å². The first kappa shape index (κ1) is 15.9. The SMILES string of the molecule is CCNC(CCCN=C(N)N)C(=O)C(C)(C)C. The first-order valence-electron chi connectivity index (χ1n) is 6.12. The number of nitrogens with zero attached hydrogens (tertiary/aromatic N) is 1. The minimum Gasteiger partial charge on any atom is -0.370 e. The van der Waals surface area contributed by atoms with E-state index in [9.17, 15) is 4.79 Å². The van der Waals surface area contributed by atoms with Gasteiger partial charge in [0, 0.05) is 12.0 Å². The fourth-order valence-corrected chi connectivity index (χ4v) is 1.60. The summed E-state index contributed by atoms with van der Waals surface area (Å²) in [6.45, 7) is 9.18. The van der Waals surface area contributed by atoms with Gasteiger partial charge in [-0.3, -0.25) is 9.79 Å². The second kappa shape index (κ2) is 7.27. The quantitative estimate of drug-likeness (QED) is 0.347. The van der Waals surface area contributed by atoms with E-state index < -0.39 is 0 Å². The number of ketones is 1. The fourth-order valence-electron chi connectivity index (χ4n) is 1.60. The maximum absolute atomic E-state index is 12.1. The van der Waals surface area contributed by atoms with Crippen molar-refractivity contribution in [3.63, 3.8) is 0 Å². The van der Waals surface area contributed by atoms with E-state index >= 15 is 0 Å². The van der Waals surface area contributed by atoms with E-state index in [1.165, 1.54) is 0 Å². The molecule has 0 heterocycles. The summed E-state index contributed by atoms with van der Waals surface area (Å²) in [6.07, 6.45) is 1.57. The average molecular weight is 242 g/mol. The van der Waals surface area contributed by atoms with Crippen molar-refractivity contribution in [2.24, 2.45) is 21.9 Å². The molecular formula is C12H26N4O. The van der Waals surface area contributed by atoms with Crippen LogP contribution in [-0.2, 0) is 4.79 Å². The molecule has 1 unspecified atom stereocenters. The number of rotatable bonds is 7. The third-order valence-corrected chi connectivity index (χ3v) is 2.45. The zero-order chi connectivity index (χ0) is 13.5. The minimum absolute atomic E-state index is 0.103. The highest BCUT2D eigenvalue weighted by atomic mass is 16.1. The highest BCUT2D eigenvalue weighted by molar-refractivity contribution is 5.88. The van der Waals surface area contributed by atoms with E-state index in [2.05, 4.69) is 10.3 Å². The summed E-state index contributed by atoms with van der Waals surface area (Å²) in [4.78, 5) is 16.0. The minimum atomic E-state index is -0.316. The van der Waals surface area contributed by atoms with Crippen molar-refractivity contribution < 1.29 is 4.79 Å². The first-order valence-corrected chi connectivity index (χ1v) is 6.12. The molecule has 0 bridgehead atoms. The van der Waals surface area contributed by atoms with Gasteiger partial charge in [-0.25, -0.2) is 0 Å². The van der Waals surface area contributed by atoms with Crippen LogP contribution < -0.4 is 16.8 Å². The van der Waals surface area contributed by atoms with Gasteiger partial charge in [0.1, 0.15) is 0 Å². The molecule has 0 aromatic heterocycles. The van der Waals surface area contributed by atoms with Gasteiger partial charge in [-0.05, 0) is 19.4 Å².